The molecule has 0 unspecified atom stereocenters. The van der Waals surface area contributed by atoms with E-state index in [9.17, 15) is 0 Å². The summed E-state index contributed by atoms with van der Waals surface area (Å²) in [5.74, 6) is 6.64. The van der Waals surface area contributed by atoms with Crippen molar-refractivity contribution in [2.75, 3.05) is 13.7 Å². The van der Waals surface area contributed by atoms with Crippen LogP contribution in [0.3, 0.4) is 0 Å². The maximum atomic E-state index is 7.50. The van der Waals surface area contributed by atoms with Gasteiger partial charge in [-0.05, 0) is 0 Å². The molecule has 1 rings (SSSR count). The summed E-state index contributed by atoms with van der Waals surface area (Å²) in [7, 11) is 1.63. The van der Waals surface area contributed by atoms with Crippen molar-refractivity contribution in [2.24, 2.45) is 0 Å². The van der Waals surface area contributed by atoms with Crippen molar-refractivity contribution in [2.45, 2.75) is 6.92 Å². The van der Waals surface area contributed by atoms with Gasteiger partial charge >= 0.3 is 154 Å². The van der Waals surface area contributed by atoms with Crippen LogP contribution < -0.4 is 4.74 Å². The Balaban J connectivity index is -0.000000114. The van der Waals surface area contributed by atoms with Gasteiger partial charge in [-0.1, -0.05) is 0 Å². The quantitative estimate of drug-likeness (QED) is 0.450. The summed E-state index contributed by atoms with van der Waals surface area (Å²) >= 11 is 2.77. The predicted octanol–water partition coefficient (Wildman–Crippen LogP) is 1.57. The predicted molar refractivity (Wildman–Crippen MR) is 76.2 cm³/mol. The Morgan fingerprint density at radius 2 is 1.40 bits per heavy atom. The first-order valence-corrected chi connectivity index (χ1v) is 6.25. The molecule has 7 nitrogen and oxygen atoms in total. The zero-order valence-corrected chi connectivity index (χ0v) is 14.6. The molecular weight excluding hydrogens is 368 g/mol. The number of ether oxygens (including phenoxy) is 2. The van der Waals surface area contributed by atoms with Crippen LogP contribution in [0.2, 0.25) is 0 Å². The third kappa shape index (κ3) is 24.0. The summed E-state index contributed by atoms with van der Waals surface area (Å²) in [6.45, 7) is 25.0. The van der Waals surface area contributed by atoms with E-state index >= 15 is 0 Å². The summed E-state index contributed by atoms with van der Waals surface area (Å²) in [6.07, 6.45) is 0. The second-order valence-electron chi connectivity index (χ2n) is 2.67. The van der Waals surface area contributed by atoms with Crippen molar-refractivity contribution in [3.63, 3.8) is 0 Å². The Labute approximate surface area is 154 Å². The second kappa shape index (κ2) is 37.7. The zero-order chi connectivity index (χ0) is 21.1. The minimum atomic E-state index is 0.600. The number of benzene rings is 1. The molecule has 0 amide bonds. The molecule has 0 radical (unpaired) electrons. The van der Waals surface area contributed by atoms with Crippen molar-refractivity contribution in [1.82, 2.24) is 0 Å². The fourth-order valence-corrected chi connectivity index (χ4v) is 1.30. The van der Waals surface area contributed by atoms with Crippen LogP contribution in [-0.4, -0.2) is 18.3 Å². The molecular formula is C17H12CrO7. The number of methoxy groups -OCH3 is 1. The van der Waals surface area contributed by atoms with Gasteiger partial charge in [-0.15, -0.1) is 0 Å². The molecule has 0 N–H and O–H groups in total. The van der Waals surface area contributed by atoms with Crippen LogP contribution in [0.15, 0.2) is 24.3 Å². The number of hydrogen-bond donors (Lipinski definition) is 0. The Bertz CT molecular complexity index is 566. The third-order valence-corrected chi connectivity index (χ3v) is 2.03. The van der Waals surface area contributed by atoms with Gasteiger partial charge in [0.25, 0.3) is 0 Å². The van der Waals surface area contributed by atoms with Crippen LogP contribution in [0.4, 0.5) is 0 Å². The minimum absolute atomic E-state index is 0.600. The van der Waals surface area contributed by atoms with Gasteiger partial charge in [-0.25, -0.2) is 0 Å². The summed E-state index contributed by atoms with van der Waals surface area (Å²) < 4.78 is 48.5. The van der Waals surface area contributed by atoms with E-state index in [0.717, 1.165) is 11.3 Å². The van der Waals surface area contributed by atoms with E-state index in [1.807, 2.05) is 31.2 Å². The SMILES string of the molecule is CCO[C](=[Cr])C#Cc1ccccc1OC.[C-]#[O+].[C-]#[O+].[C-]#[O+].[C-]#[O+].[C-]#[O+]. The van der Waals surface area contributed by atoms with Crippen LogP contribution >= 0.6 is 0 Å². The van der Waals surface area contributed by atoms with Crippen LogP contribution in [0.5, 0.6) is 5.75 Å². The number of rotatable bonds is 3. The average Bonchev–Trinajstić information content (AvgIpc) is 2.74. The molecule has 0 spiro atoms. The van der Waals surface area contributed by atoms with Gasteiger partial charge in [0.15, 0.2) is 0 Å². The van der Waals surface area contributed by atoms with Gasteiger partial charge in [0.05, 0.1) is 0 Å². The fraction of sp³-hybridized carbons (Fsp3) is 0.176. The summed E-state index contributed by atoms with van der Waals surface area (Å²) in [5.41, 5.74) is 0.854. The van der Waals surface area contributed by atoms with Crippen molar-refractivity contribution < 1.29 is 48.6 Å². The molecule has 0 saturated heterocycles. The first-order chi connectivity index (χ1) is 12.3. The third-order valence-electron chi connectivity index (χ3n) is 1.68. The van der Waals surface area contributed by atoms with Gasteiger partial charge in [-0.3, -0.25) is 0 Å². The van der Waals surface area contributed by atoms with Crippen LogP contribution in [0.1, 0.15) is 12.5 Å². The fourth-order valence-electron chi connectivity index (χ4n) is 1.03. The topological polar surface area (TPSA) is 118 Å². The number of hydrogen-bond acceptors (Lipinski definition) is 2. The van der Waals surface area contributed by atoms with Crippen molar-refractivity contribution in [3.8, 4) is 17.6 Å². The molecule has 25 heavy (non-hydrogen) atoms. The van der Waals surface area contributed by atoms with Crippen molar-refractivity contribution in [3.05, 3.63) is 63.1 Å². The molecule has 1 aromatic rings. The molecule has 128 valence electrons. The van der Waals surface area contributed by atoms with E-state index in [1.54, 1.807) is 7.11 Å². The van der Waals surface area contributed by atoms with Crippen LogP contribution in [0, 0.1) is 45.1 Å². The molecule has 1 aromatic carbocycles. The zero-order valence-electron chi connectivity index (χ0n) is 13.3. The maximum absolute atomic E-state index is 7.50. The molecule has 0 bridgehead atoms. The molecule has 0 saturated carbocycles. The molecule has 0 fully saturated rings. The number of para-hydroxylation sites is 1. The van der Waals surface area contributed by atoms with E-state index in [2.05, 4.69) is 60.9 Å². The normalized spacial score (nSPS) is 5.76. The summed E-state index contributed by atoms with van der Waals surface area (Å²) in [5, 5.41) is 0. The van der Waals surface area contributed by atoms with E-state index < -0.39 is 0 Å². The standard InChI is InChI=1S/C12H12O2.5CO.Cr/c1-3-14-10-6-8-11-7-4-5-9-12(11)13-2;5*1-2;/h4-5,7,9H,3H2,1-2H3;;;;;;. The molecule has 8 heteroatoms. The van der Waals surface area contributed by atoms with E-state index in [1.165, 1.54) is 0 Å². The molecule has 0 aliphatic carbocycles. The Morgan fingerprint density at radius 3 is 1.80 bits per heavy atom. The van der Waals surface area contributed by atoms with Crippen molar-refractivity contribution >= 4 is 4.57 Å². The first-order valence-electron chi connectivity index (χ1n) is 5.61. The van der Waals surface area contributed by atoms with Gasteiger partial charge in [0, 0.05) is 0 Å². The monoisotopic (exact) mass is 380 g/mol. The molecule has 0 atom stereocenters. The van der Waals surface area contributed by atoms with Crippen LogP contribution in [0.25, 0.3) is 0 Å². The van der Waals surface area contributed by atoms with E-state index in [0.29, 0.717) is 11.2 Å². The van der Waals surface area contributed by atoms with Gasteiger partial charge < -0.3 is 0 Å². The van der Waals surface area contributed by atoms with Crippen LogP contribution in [-0.2, 0) is 43.8 Å². The second-order valence-corrected chi connectivity index (χ2v) is 3.25. The summed E-state index contributed by atoms with van der Waals surface area (Å²) in [4.78, 5) is 0. The Hall–Kier alpha value is -2.36. The van der Waals surface area contributed by atoms with Gasteiger partial charge in [0.1, 0.15) is 0 Å². The Kier molecular flexibility index (Phi) is 51.4. The Morgan fingerprint density at radius 1 is 0.960 bits per heavy atom. The summed E-state index contributed by atoms with van der Waals surface area (Å²) in [6, 6.07) is 7.62. The van der Waals surface area contributed by atoms with Gasteiger partial charge in [0.2, 0.25) is 0 Å². The molecule has 0 heterocycles. The molecule has 0 aromatic heterocycles. The average molecular weight is 380 g/mol. The molecule has 0 aliphatic heterocycles. The molecule has 0 aliphatic rings. The van der Waals surface area contributed by atoms with E-state index in [-0.39, 0.29) is 0 Å². The van der Waals surface area contributed by atoms with E-state index in [4.69, 9.17) is 32.7 Å². The van der Waals surface area contributed by atoms with Gasteiger partial charge in [-0.2, -0.15) is 0 Å². The van der Waals surface area contributed by atoms with Crippen molar-refractivity contribution in [1.29, 1.82) is 0 Å². The first kappa shape index (κ1) is 34.1.